The van der Waals surface area contributed by atoms with Crippen LogP contribution >= 0.6 is 15.9 Å². The molecule has 0 saturated carbocycles. The first-order chi connectivity index (χ1) is 23.0. The molecular formula is C37H49BrN4O6S. The predicted octanol–water partition coefficient (Wildman–Crippen LogP) is 5.20. The van der Waals surface area contributed by atoms with E-state index in [4.69, 9.17) is 0 Å². The van der Waals surface area contributed by atoms with Crippen molar-refractivity contribution in [2.24, 2.45) is 11.8 Å². The third kappa shape index (κ3) is 12.1. The van der Waals surface area contributed by atoms with E-state index in [0.717, 1.165) is 5.56 Å². The Morgan fingerprint density at radius 2 is 1.49 bits per heavy atom. The molecule has 3 aromatic rings. The number of aliphatic hydroxyl groups is 1. The van der Waals surface area contributed by atoms with Gasteiger partial charge in [-0.05, 0) is 61.9 Å². The highest BCUT2D eigenvalue weighted by molar-refractivity contribution is 9.10. The van der Waals surface area contributed by atoms with E-state index in [1.54, 1.807) is 57.2 Å². The number of sulfonamides is 1. The first-order valence-electron chi connectivity index (χ1n) is 16.4. The lowest BCUT2D eigenvalue weighted by atomic mass is 9.85. The van der Waals surface area contributed by atoms with Gasteiger partial charge < -0.3 is 15.7 Å². The summed E-state index contributed by atoms with van der Waals surface area (Å²) in [6, 6.07) is 21.5. The van der Waals surface area contributed by atoms with Crippen LogP contribution in [0.5, 0.6) is 0 Å². The van der Waals surface area contributed by atoms with Gasteiger partial charge in [-0.25, -0.2) is 8.42 Å². The molecule has 0 aliphatic carbocycles. The van der Waals surface area contributed by atoms with Gasteiger partial charge in [-0.15, -0.1) is 0 Å². The van der Waals surface area contributed by atoms with E-state index in [9.17, 15) is 27.9 Å². The Morgan fingerprint density at radius 1 is 0.898 bits per heavy atom. The topological polar surface area (TPSA) is 145 Å². The number of rotatable bonds is 18. The smallest absolute Gasteiger partial charge is 0.251 e. The van der Waals surface area contributed by atoms with Gasteiger partial charge in [0.15, 0.2) is 5.78 Å². The van der Waals surface area contributed by atoms with Crippen molar-refractivity contribution in [3.63, 3.8) is 0 Å². The summed E-state index contributed by atoms with van der Waals surface area (Å²) in [5.74, 6) is -1.67. The quantitative estimate of drug-likeness (QED) is 0.131. The summed E-state index contributed by atoms with van der Waals surface area (Å²) in [4.78, 5) is 39.9. The van der Waals surface area contributed by atoms with Crippen molar-refractivity contribution in [3.05, 3.63) is 100 Å². The van der Waals surface area contributed by atoms with E-state index >= 15 is 0 Å². The molecule has 0 bridgehead atoms. The first-order valence-corrected chi connectivity index (χ1v) is 18.8. The number of amides is 2. The molecule has 0 aromatic heterocycles. The van der Waals surface area contributed by atoms with Crippen LogP contribution in [0.1, 0.15) is 68.9 Å². The number of benzene rings is 3. The van der Waals surface area contributed by atoms with Crippen molar-refractivity contribution in [3.8, 4) is 0 Å². The maximum absolute atomic E-state index is 13.6. The summed E-state index contributed by atoms with van der Waals surface area (Å²) in [6.07, 6.45) is 0.915. The Labute approximate surface area is 299 Å². The van der Waals surface area contributed by atoms with Gasteiger partial charge in [-0.3, -0.25) is 24.0 Å². The van der Waals surface area contributed by atoms with Gasteiger partial charge in [0.05, 0.1) is 29.1 Å². The number of hydrogen-bond acceptors (Lipinski definition) is 7. The third-order valence-corrected chi connectivity index (χ3v) is 10.5. The van der Waals surface area contributed by atoms with E-state index in [2.05, 4.69) is 31.9 Å². The molecular weight excluding hydrogens is 708 g/mol. The van der Waals surface area contributed by atoms with Gasteiger partial charge >= 0.3 is 0 Å². The van der Waals surface area contributed by atoms with Crippen LogP contribution in [0.25, 0.3) is 0 Å². The monoisotopic (exact) mass is 756 g/mol. The Kier molecular flexibility index (Phi) is 14.6. The molecule has 12 heteroatoms. The zero-order valence-corrected chi connectivity index (χ0v) is 31.5. The van der Waals surface area contributed by atoms with E-state index in [1.807, 2.05) is 50.2 Å². The number of halogens is 1. The highest BCUT2D eigenvalue weighted by atomic mass is 79.9. The van der Waals surface area contributed by atoms with E-state index < -0.39 is 33.6 Å². The standard InChI is InChI=1S/C37H49BrN4O6S/c1-25(2)32(36(45)40-23-27-15-9-7-10-16-27)41-34(37(4,5)46)33(43)26(3)14-13-19-39-35(44)29-20-30(38)22-31(21-29)42(6)49(47,48)24-28-17-11-8-12-18-28/h7-12,15-18,20-22,25-26,32,34,41,46H,13-14,19,23-24H2,1-6H3,(H,39,44)(H,40,45)/t26-,32+,34?/m1/s1. The average Bonchev–Trinajstić information content (AvgIpc) is 3.04. The fourth-order valence-electron chi connectivity index (χ4n) is 5.35. The van der Waals surface area contributed by atoms with Crippen LogP contribution in [-0.2, 0) is 31.9 Å². The maximum atomic E-state index is 13.6. The van der Waals surface area contributed by atoms with Crippen LogP contribution in [0.2, 0.25) is 0 Å². The summed E-state index contributed by atoms with van der Waals surface area (Å²) in [6.45, 7) is 9.26. The fourth-order valence-corrected chi connectivity index (χ4v) is 7.06. The lowest BCUT2D eigenvalue weighted by molar-refractivity contribution is -0.132. The van der Waals surface area contributed by atoms with Gasteiger partial charge in [0.1, 0.15) is 0 Å². The van der Waals surface area contributed by atoms with Crippen LogP contribution in [0, 0.1) is 11.8 Å². The predicted molar refractivity (Wildman–Crippen MR) is 197 cm³/mol. The van der Waals surface area contributed by atoms with Crippen LogP contribution in [-0.4, -0.2) is 62.4 Å². The van der Waals surface area contributed by atoms with Crippen molar-refractivity contribution in [1.29, 1.82) is 0 Å². The third-order valence-electron chi connectivity index (χ3n) is 8.30. The summed E-state index contributed by atoms with van der Waals surface area (Å²) in [7, 11) is -2.26. The number of Topliss-reactive ketones (excluding diaryl/α,β-unsaturated/α-hetero) is 1. The molecule has 2 amide bonds. The van der Waals surface area contributed by atoms with Gasteiger partial charge in [0, 0.05) is 36.1 Å². The number of nitrogens with zero attached hydrogens (tertiary/aromatic N) is 1. The van der Waals surface area contributed by atoms with Crippen LogP contribution < -0.4 is 20.3 Å². The molecule has 3 atom stereocenters. The summed E-state index contributed by atoms with van der Waals surface area (Å²) in [5, 5.41) is 19.9. The summed E-state index contributed by atoms with van der Waals surface area (Å²) >= 11 is 3.39. The van der Waals surface area contributed by atoms with Crippen molar-refractivity contribution in [2.75, 3.05) is 17.9 Å². The van der Waals surface area contributed by atoms with E-state index in [0.29, 0.717) is 35.1 Å². The Balaban J connectivity index is 1.58. The molecule has 0 fully saturated rings. The van der Waals surface area contributed by atoms with Gasteiger partial charge in [0.25, 0.3) is 5.91 Å². The van der Waals surface area contributed by atoms with Crippen molar-refractivity contribution in [1.82, 2.24) is 16.0 Å². The molecule has 3 rings (SSSR count). The lowest BCUT2D eigenvalue weighted by Crippen LogP contribution is -2.61. The highest BCUT2D eigenvalue weighted by Crippen LogP contribution is 2.26. The normalized spacial score (nSPS) is 13.7. The lowest BCUT2D eigenvalue weighted by Gasteiger charge is -2.35. The second-order valence-electron chi connectivity index (χ2n) is 13.3. The van der Waals surface area contributed by atoms with Crippen molar-refractivity contribution >= 4 is 49.2 Å². The highest BCUT2D eigenvalue weighted by Gasteiger charge is 2.39. The summed E-state index contributed by atoms with van der Waals surface area (Å²) < 4.78 is 27.9. The molecule has 0 saturated heterocycles. The molecule has 1 unspecified atom stereocenters. The molecule has 0 heterocycles. The molecule has 49 heavy (non-hydrogen) atoms. The largest absolute Gasteiger partial charge is 0.388 e. The van der Waals surface area contributed by atoms with Crippen molar-refractivity contribution < 1.29 is 27.9 Å². The average molecular weight is 758 g/mol. The van der Waals surface area contributed by atoms with E-state index in [-0.39, 0.29) is 41.4 Å². The minimum atomic E-state index is -3.71. The summed E-state index contributed by atoms with van der Waals surface area (Å²) in [5.41, 5.74) is 0.796. The first kappa shape index (κ1) is 39.9. The molecule has 3 aromatic carbocycles. The minimum Gasteiger partial charge on any atom is -0.388 e. The number of carbonyl (C=O) groups is 3. The second kappa shape index (κ2) is 17.9. The number of ketones is 1. The fraction of sp³-hybridized carbons (Fsp3) is 0.432. The van der Waals surface area contributed by atoms with Crippen LogP contribution in [0.3, 0.4) is 0 Å². The van der Waals surface area contributed by atoms with Crippen molar-refractivity contribution in [2.45, 2.75) is 77.4 Å². The molecule has 0 aliphatic rings. The Hall–Kier alpha value is -3.58. The Bertz CT molecular complexity index is 1660. The minimum absolute atomic E-state index is 0.152. The molecule has 0 aliphatic heterocycles. The molecule has 10 nitrogen and oxygen atoms in total. The van der Waals surface area contributed by atoms with Gasteiger partial charge in [-0.1, -0.05) is 97.4 Å². The van der Waals surface area contributed by atoms with Crippen LogP contribution in [0.15, 0.2) is 83.3 Å². The number of anilines is 1. The molecule has 266 valence electrons. The van der Waals surface area contributed by atoms with Gasteiger partial charge in [-0.2, -0.15) is 0 Å². The molecule has 4 N–H and O–H groups in total. The van der Waals surface area contributed by atoms with Crippen LogP contribution in [0.4, 0.5) is 5.69 Å². The number of hydrogen-bond donors (Lipinski definition) is 4. The number of nitrogens with one attached hydrogen (secondary N) is 3. The molecule has 0 spiro atoms. The molecule has 0 radical (unpaired) electrons. The zero-order chi connectivity index (χ0) is 36.4. The SMILES string of the molecule is CC(C)[C@H](NC(C(=O)[C@H](C)CCCNC(=O)c1cc(Br)cc(N(C)S(=O)(=O)Cc2ccccc2)c1)C(C)(C)O)C(=O)NCc1ccccc1. The van der Waals surface area contributed by atoms with E-state index in [1.165, 1.54) is 17.4 Å². The Morgan fingerprint density at radius 3 is 2.06 bits per heavy atom. The number of carbonyl (C=O) groups excluding carboxylic acids is 3. The maximum Gasteiger partial charge on any atom is 0.251 e. The zero-order valence-electron chi connectivity index (χ0n) is 29.1. The van der Waals surface area contributed by atoms with Gasteiger partial charge in [0.2, 0.25) is 15.9 Å². The second-order valence-corrected chi connectivity index (χ2v) is 16.2.